The predicted octanol–water partition coefficient (Wildman–Crippen LogP) is 3.67. The summed E-state index contributed by atoms with van der Waals surface area (Å²) in [5, 5.41) is 0. The van der Waals surface area contributed by atoms with E-state index in [-0.39, 0.29) is 11.3 Å². The van der Waals surface area contributed by atoms with Crippen LogP contribution in [0, 0.1) is 27.7 Å². The molecule has 0 unspecified atom stereocenters. The molecule has 7 heteroatoms. The number of carbonyl (C=O) groups is 1. The summed E-state index contributed by atoms with van der Waals surface area (Å²) >= 11 is 0. The number of aryl methyl sites for hydroxylation is 3. The molecular weight excluding hydrogens is 410 g/mol. The lowest BCUT2D eigenvalue weighted by molar-refractivity contribution is 0.0901. The first-order valence-electron chi connectivity index (χ1n) is 10.8. The molecule has 170 valence electrons. The fourth-order valence-corrected chi connectivity index (χ4v) is 6.02. The maximum Gasteiger partial charge on any atom is 0.243 e. The Morgan fingerprint density at radius 2 is 1.55 bits per heavy atom. The number of ketones is 1. The zero-order valence-corrected chi connectivity index (χ0v) is 20.6. The van der Waals surface area contributed by atoms with E-state index in [1.165, 1.54) is 4.31 Å². The van der Waals surface area contributed by atoms with Crippen molar-refractivity contribution in [3.8, 4) is 0 Å². The largest absolute Gasteiger partial charge is 0.343 e. The summed E-state index contributed by atoms with van der Waals surface area (Å²) in [5.41, 5.74) is 4.80. The topological polar surface area (TPSA) is 62.6 Å². The van der Waals surface area contributed by atoms with Crippen LogP contribution < -0.4 is 0 Å². The van der Waals surface area contributed by atoms with Crippen LogP contribution in [-0.4, -0.2) is 60.7 Å². The van der Waals surface area contributed by atoms with Crippen molar-refractivity contribution in [2.45, 2.75) is 58.9 Å². The molecule has 0 N–H and O–H groups in total. The van der Waals surface area contributed by atoms with Gasteiger partial charge in [0.15, 0.2) is 5.78 Å². The molecule has 3 rings (SSSR count). The van der Waals surface area contributed by atoms with Gasteiger partial charge in [0, 0.05) is 48.7 Å². The Kier molecular flexibility index (Phi) is 6.52. The fourth-order valence-electron chi connectivity index (χ4n) is 4.52. The summed E-state index contributed by atoms with van der Waals surface area (Å²) in [7, 11) is -3.51. The van der Waals surface area contributed by atoms with Crippen LogP contribution in [0.25, 0.3) is 0 Å². The minimum Gasteiger partial charge on any atom is -0.343 e. The number of rotatable bonds is 5. The maximum absolute atomic E-state index is 13.0. The molecule has 0 amide bonds. The Labute approximate surface area is 186 Å². The first kappa shape index (κ1) is 23.7. The second-order valence-electron chi connectivity index (χ2n) is 9.64. The number of hydrogen-bond acceptors (Lipinski definition) is 4. The van der Waals surface area contributed by atoms with Crippen molar-refractivity contribution in [1.29, 1.82) is 0 Å². The molecule has 0 atom stereocenters. The highest BCUT2D eigenvalue weighted by atomic mass is 32.2. The van der Waals surface area contributed by atoms with Gasteiger partial charge in [0.25, 0.3) is 0 Å². The lowest BCUT2D eigenvalue weighted by atomic mass is 10.1. The first-order chi connectivity index (χ1) is 14.3. The highest BCUT2D eigenvalue weighted by molar-refractivity contribution is 7.89. The van der Waals surface area contributed by atoms with Crippen molar-refractivity contribution in [3.05, 3.63) is 52.3 Å². The smallest absolute Gasteiger partial charge is 0.243 e. The molecule has 1 aromatic carbocycles. The van der Waals surface area contributed by atoms with Crippen LogP contribution in [0.2, 0.25) is 0 Å². The molecule has 2 heterocycles. The van der Waals surface area contributed by atoms with Crippen molar-refractivity contribution in [1.82, 2.24) is 13.8 Å². The Bertz CT molecular complexity index is 1090. The summed E-state index contributed by atoms with van der Waals surface area (Å²) < 4.78 is 29.8. The molecule has 0 radical (unpaired) electrons. The zero-order valence-electron chi connectivity index (χ0n) is 19.8. The van der Waals surface area contributed by atoms with E-state index in [4.69, 9.17) is 0 Å². The van der Waals surface area contributed by atoms with Gasteiger partial charge < -0.3 is 4.57 Å². The molecule has 0 saturated carbocycles. The standard InChI is InChI=1S/C24H35N3O3S/c1-17-8-9-21(14-18(17)2)31(29,30)26-12-10-25(11-13-26)16-23(28)22-15-19(3)27(20(22)4)24(5,6)7/h8-9,14-15H,10-13,16H2,1-7H3. The van der Waals surface area contributed by atoms with Crippen LogP contribution in [0.3, 0.4) is 0 Å². The third-order valence-electron chi connectivity index (χ3n) is 6.22. The van der Waals surface area contributed by atoms with Gasteiger partial charge in [-0.25, -0.2) is 8.42 Å². The van der Waals surface area contributed by atoms with E-state index in [0.717, 1.165) is 28.1 Å². The maximum atomic E-state index is 13.0. The molecule has 2 aromatic rings. The van der Waals surface area contributed by atoms with Crippen molar-refractivity contribution in [2.24, 2.45) is 0 Å². The molecule has 1 aromatic heterocycles. The molecule has 1 aliphatic rings. The number of piperazine rings is 1. The number of carbonyl (C=O) groups excluding carboxylic acids is 1. The van der Waals surface area contributed by atoms with Crippen LogP contribution in [0.15, 0.2) is 29.2 Å². The monoisotopic (exact) mass is 445 g/mol. The molecule has 1 fully saturated rings. The predicted molar refractivity (Wildman–Crippen MR) is 124 cm³/mol. The SMILES string of the molecule is Cc1ccc(S(=O)(=O)N2CCN(CC(=O)c3cc(C)n(C(C)(C)C)c3C)CC2)cc1C. The summed E-state index contributed by atoms with van der Waals surface area (Å²) in [6.07, 6.45) is 0. The summed E-state index contributed by atoms with van der Waals surface area (Å²) in [6, 6.07) is 7.25. The summed E-state index contributed by atoms with van der Waals surface area (Å²) in [4.78, 5) is 15.4. The molecule has 1 aliphatic heterocycles. The minimum atomic E-state index is -3.51. The molecule has 0 spiro atoms. The fraction of sp³-hybridized carbons (Fsp3) is 0.542. The van der Waals surface area contributed by atoms with Crippen LogP contribution in [-0.2, 0) is 15.6 Å². The third-order valence-corrected chi connectivity index (χ3v) is 8.11. The van der Waals surface area contributed by atoms with Crippen LogP contribution >= 0.6 is 0 Å². The van der Waals surface area contributed by atoms with Crippen molar-refractivity contribution < 1.29 is 13.2 Å². The quantitative estimate of drug-likeness (QED) is 0.659. The average molecular weight is 446 g/mol. The molecule has 1 saturated heterocycles. The van der Waals surface area contributed by atoms with E-state index in [0.29, 0.717) is 37.6 Å². The van der Waals surface area contributed by atoms with Crippen LogP contribution in [0.5, 0.6) is 0 Å². The average Bonchev–Trinajstić information content (AvgIpc) is 2.98. The summed E-state index contributed by atoms with van der Waals surface area (Å²) in [5.74, 6) is 0.0917. The molecule has 6 nitrogen and oxygen atoms in total. The van der Waals surface area contributed by atoms with E-state index in [2.05, 4.69) is 30.2 Å². The number of hydrogen-bond donors (Lipinski definition) is 0. The van der Waals surface area contributed by atoms with Crippen molar-refractivity contribution in [3.63, 3.8) is 0 Å². The van der Waals surface area contributed by atoms with Gasteiger partial charge in [0.1, 0.15) is 0 Å². The first-order valence-corrected chi connectivity index (χ1v) is 12.3. The second kappa shape index (κ2) is 8.52. The highest BCUT2D eigenvalue weighted by Gasteiger charge is 2.30. The highest BCUT2D eigenvalue weighted by Crippen LogP contribution is 2.25. The second-order valence-corrected chi connectivity index (χ2v) is 11.6. The third kappa shape index (κ3) is 4.78. The van der Waals surface area contributed by atoms with Gasteiger partial charge >= 0.3 is 0 Å². The van der Waals surface area contributed by atoms with Crippen molar-refractivity contribution >= 4 is 15.8 Å². The Morgan fingerprint density at radius 1 is 0.935 bits per heavy atom. The number of sulfonamides is 1. The zero-order chi connectivity index (χ0) is 23.1. The van der Waals surface area contributed by atoms with E-state index in [9.17, 15) is 13.2 Å². The number of nitrogens with zero attached hydrogens (tertiary/aromatic N) is 3. The Hall–Kier alpha value is -1.96. The molecule has 0 bridgehead atoms. The lowest BCUT2D eigenvalue weighted by Gasteiger charge is -2.33. The number of aromatic nitrogens is 1. The van der Waals surface area contributed by atoms with E-state index >= 15 is 0 Å². The lowest BCUT2D eigenvalue weighted by Crippen LogP contribution is -2.49. The Balaban J connectivity index is 1.67. The van der Waals surface area contributed by atoms with Crippen LogP contribution in [0.1, 0.15) is 53.6 Å². The van der Waals surface area contributed by atoms with Crippen molar-refractivity contribution in [2.75, 3.05) is 32.7 Å². The van der Waals surface area contributed by atoms with Gasteiger partial charge in [-0.3, -0.25) is 9.69 Å². The van der Waals surface area contributed by atoms with E-state index in [1.807, 2.05) is 39.8 Å². The van der Waals surface area contributed by atoms with E-state index < -0.39 is 10.0 Å². The minimum absolute atomic E-state index is 0.0823. The van der Waals surface area contributed by atoms with Gasteiger partial charge in [0.05, 0.1) is 11.4 Å². The number of benzene rings is 1. The molecule has 31 heavy (non-hydrogen) atoms. The van der Waals surface area contributed by atoms with Gasteiger partial charge in [-0.05, 0) is 77.8 Å². The van der Waals surface area contributed by atoms with Gasteiger partial charge in [-0.1, -0.05) is 6.07 Å². The molecular formula is C24H35N3O3S. The van der Waals surface area contributed by atoms with Gasteiger partial charge in [-0.2, -0.15) is 4.31 Å². The Morgan fingerprint density at radius 3 is 2.06 bits per heavy atom. The normalized spacial score (nSPS) is 16.6. The van der Waals surface area contributed by atoms with E-state index in [1.54, 1.807) is 12.1 Å². The van der Waals surface area contributed by atoms with Gasteiger partial charge in [-0.15, -0.1) is 0 Å². The molecule has 0 aliphatic carbocycles. The van der Waals surface area contributed by atoms with Gasteiger partial charge in [0.2, 0.25) is 10.0 Å². The summed E-state index contributed by atoms with van der Waals surface area (Å²) in [6.45, 7) is 16.5. The number of Topliss-reactive ketones (excluding diaryl/α,β-unsaturated/α-hetero) is 1. The van der Waals surface area contributed by atoms with Crippen LogP contribution in [0.4, 0.5) is 0 Å².